The molecule has 0 radical (unpaired) electrons. The largest absolute Gasteiger partial charge is 0.394 e. The molecule has 0 bridgehead atoms. The van der Waals surface area contributed by atoms with Gasteiger partial charge in [0.1, 0.15) is 6.04 Å². The topological polar surface area (TPSA) is 94.9 Å². The Morgan fingerprint density at radius 1 is 1.29 bits per heavy atom. The number of ketones is 2. The number of likely N-dealkylation sites (N-methyl/N-ethyl adjacent to an activating group) is 1. The second kappa shape index (κ2) is 7.38. The highest BCUT2D eigenvalue weighted by Gasteiger charge is 2.78. The van der Waals surface area contributed by atoms with E-state index >= 15 is 0 Å². The molecule has 4 aliphatic rings. The molecule has 4 rings (SSSR count). The van der Waals surface area contributed by atoms with Gasteiger partial charge < -0.3 is 15.1 Å². The van der Waals surface area contributed by atoms with Crippen LogP contribution in [0.25, 0.3) is 0 Å². The van der Waals surface area contributed by atoms with Crippen LogP contribution in [0.2, 0.25) is 0 Å². The van der Waals surface area contributed by atoms with Crippen LogP contribution in [-0.4, -0.2) is 58.4 Å². The summed E-state index contributed by atoms with van der Waals surface area (Å²) in [5.74, 6) is -1.27. The SMILES string of the molecule is CC1=C[C@H]2C[C@@H](C)CC[C@@H]2[C@@]2(C)C(=O)[C@@]3(C(=O)[C@@H](CO)N(C)C3=O)[C@H](/C=C/[C@@H](C)O)[C@@H]12. The molecule has 1 amide bonds. The van der Waals surface area contributed by atoms with Crippen LogP contribution in [0.3, 0.4) is 0 Å². The van der Waals surface area contributed by atoms with Crippen molar-refractivity contribution in [3.8, 4) is 0 Å². The minimum absolute atomic E-state index is 0.0887. The summed E-state index contributed by atoms with van der Waals surface area (Å²) in [6.07, 6.45) is 7.78. The van der Waals surface area contributed by atoms with E-state index in [0.717, 1.165) is 24.8 Å². The minimum atomic E-state index is -1.82. The number of carbonyl (C=O) groups excluding carboxylic acids is 3. The van der Waals surface area contributed by atoms with Gasteiger partial charge in [0.2, 0.25) is 5.91 Å². The summed E-state index contributed by atoms with van der Waals surface area (Å²) in [6.45, 7) is 7.34. The molecule has 1 spiro atoms. The van der Waals surface area contributed by atoms with E-state index in [9.17, 15) is 24.6 Å². The van der Waals surface area contributed by atoms with Crippen molar-refractivity contribution in [3.63, 3.8) is 0 Å². The summed E-state index contributed by atoms with van der Waals surface area (Å²) in [7, 11) is 1.50. The predicted octanol–water partition coefficient (Wildman–Crippen LogP) is 2.15. The van der Waals surface area contributed by atoms with Crippen molar-refractivity contribution in [3.05, 3.63) is 23.8 Å². The van der Waals surface area contributed by atoms with Crippen LogP contribution in [0.1, 0.15) is 47.0 Å². The molecule has 0 aromatic rings. The van der Waals surface area contributed by atoms with E-state index in [0.29, 0.717) is 5.92 Å². The van der Waals surface area contributed by atoms with Crippen molar-refractivity contribution in [2.75, 3.05) is 13.7 Å². The maximum Gasteiger partial charge on any atom is 0.245 e. The number of hydrogen-bond acceptors (Lipinski definition) is 5. The van der Waals surface area contributed by atoms with Crippen molar-refractivity contribution >= 4 is 17.5 Å². The van der Waals surface area contributed by atoms with Gasteiger partial charge in [0.05, 0.1) is 12.7 Å². The number of rotatable bonds is 3. The van der Waals surface area contributed by atoms with Crippen LogP contribution < -0.4 is 0 Å². The molecule has 0 aromatic carbocycles. The van der Waals surface area contributed by atoms with Gasteiger partial charge in [-0.1, -0.05) is 44.1 Å². The molecule has 6 nitrogen and oxygen atoms in total. The summed E-state index contributed by atoms with van der Waals surface area (Å²) >= 11 is 0. The number of nitrogens with zero attached hydrogens (tertiary/aromatic N) is 1. The molecule has 170 valence electrons. The summed E-state index contributed by atoms with van der Waals surface area (Å²) in [6, 6.07) is -1.01. The van der Waals surface area contributed by atoms with E-state index in [-0.39, 0.29) is 23.5 Å². The van der Waals surface area contributed by atoms with E-state index in [4.69, 9.17) is 0 Å². The Morgan fingerprint density at radius 2 is 1.97 bits per heavy atom. The van der Waals surface area contributed by atoms with Gasteiger partial charge in [-0.3, -0.25) is 14.4 Å². The number of aliphatic hydroxyl groups is 2. The summed E-state index contributed by atoms with van der Waals surface area (Å²) in [5, 5.41) is 19.8. The van der Waals surface area contributed by atoms with E-state index in [1.807, 2.05) is 13.8 Å². The lowest BCUT2D eigenvalue weighted by Crippen LogP contribution is -2.50. The van der Waals surface area contributed by atoms with Gasteiger partial charge >= 0.3 is 0 Å². The van der Waals surface area contributed by atoms with Gasteiger partial charge in [0, 0.05) is 24.3 Å². The average Bonchev–Trinajstić information content (AvgIpc) is 3.02. The highest BCUT2D eigenvalue weighted by atomic mass is 16.3. The molecular formula is C25H35NO5. The summed E-state index contributed by atoms with van der Waals surface area (Å²) < 4.78 is 0. The van der Waals surface area contributed by atoms with Crippen molar-refractivity contribution in [2.45, 2.75) is 59.1 Å². The first-order chi connectivity index (χ1) is 14.5. The quantitative estimate of drug-likeness (QED) is 0.530. The molecule has 9 atom stereocenters. The number of carbonyl (C=O) groups is 3. The summed E-state index contributed by atoms with van der Waals surface area (Å²) in [5.41, 5.74) is -1.59. The number of likely N-dealkylation sites (tertiary alicyclic amines) is 1. The number of aliphatic hydroxyl groups excluding tert-OH is 2. The number of amides is 1. The molecule has 3 fully saturated rings. The van der Waals surface area contributed by atoms with Crippen LogP contribution in [-0.2, 0) is 14.4 Å². The molecule has 0 unspecified atom stereocenters. The Labute approximate surface area is 184 Å². The standard InChI is InChI=1S/C25H35NO5/c1-13-6-8-17-16(10-13)11-14(2)20-18(9-7-15(3)28)25(22(30)24(17,20)4)21(29)19(12-27)26(5)23(25)31/h7,9,11,13,15-20,27-28H,6,8,10,12H2,1-5H3/b9-7+/t13-,15+,16+,17-,18+,19+,20+,24+,25-/m0/s1. The van der Waals surface area contributed by atoms with Gasteiger partial charge in [-0.2, -0.15) is 0 Å². The van der Waals surface area contributed by atoms with Crippen molar-refractivity contribution in [1.82, 2.24) is 4.90 Å². The van der Waals surface area contributed by atoms with Crippen LogP contribution in [0, 0.1) is 40.4 Å². The Kier molecular flexibility index (Phi) is 5.33. The molecule has 1 saturated heterocycles. The highest BCUT2D eigenvalue weighted by molar-refractivity contribution is 6.31. The minimum Gasteiger partial charge on any atom is -0.394 e. The van der Waals surface area contributed by atoms with E-state index < -0.39 is 47.2 Å². The Bertz CT molecular complexity index is 875. The van der Waals surface area contributed by atoms with Gasteiger partial charge in [0.15, 0.2) is 17.0 Å². The third kappa shape index (κ3) is 2.73. The molecule has 31 heavy (non-hydrogen) atoms. The van der Waals surface area contributed by atoms with E-state index in [1.54, 1.807) is 19.1 Å². The zero-order valence-electron chi connectivity index (χ0n) is 19.2. The Hall–Kier alpha value is -1.79. The summed E-state index contributed by atoms with van der Waals surface area (Å²) in [4.78, 5) is 43.0. The second-order valence-electron chi connectivity index (χ2n) is 10.6. The number of hydrogen-bond donors (Lipinski definition) is 2. The zero-order valence-corrected chi connectivity index (χ0v) is 19.2. The maximum atomic E-state index is 14.4. The van der Waals surface area contributed by atoms with Gasteiger partial charge in [-0.25, -0.2) is 0 Å². The first-order valence-electron chi connectivity index (χ1n) is 11.5. The zero-order chi connectivity index (χ0) is 22.9. The molecule has 6 heteroatoms. The maximum absolute atomic E-state index is 14.4. The molecule has 3 aliphatic carbocycles. The predicted molar refractivity (Wildman–Crippen MR) is 116 cm³/mol. The first kappa shape index (κ1) is 22.4. The molecule has 2 saturated carbocycles. The van der Waals surface area contributed by atoms with Gasteiger partial charge in [-0.15, -0.1) is 0 Å². The van der Waals surface area contributed by atoms with Crippen LogP contribution >= 0.6 is 0 Å². The molecule has 1 heterocycles. The Morgan fingerprint density at radius 3 is 2.55 bits per heavy atom. The van der Waals surface area contributed by atoms with Crippen molar-refractivity contribution < 1.29 is 24.6 Å². The number of Topliss-reactive ketones (excluding diaryl/α,β-unsaturated/α-hetero) is 2. The monoisotopic (exact) mass is 429 g/mol. The molecular weight excluding hydrogens is 394 g/mol. The smallest absolute Gasteiger partial charge is 0.245 e. The second-order valence-corrected chi connectivity index (χ2v) is 10.6. The van der Waals surface area contributed by atoms with Gasteiger partial charge in [-0.05, 0) is 44.4 Å². The van der Waals surface area contributed by atoms with Crippen LogP contribution in [0.5, 0.6) is 0 Å². The fourth-order valence-corrected chi connectivity index (χ4v) is 7.51. The third-order valence-corrected chi connectivity index (χ3v) is 8.84. The number of fused-ring (bicyclic) bond motifs is 3. The van der Waals surface area contributed by atoms with E-state index in [2.05, 4.69) is 13.0 Å². The fraction of sp³-hybridized carbons (Fsp3) is 0.720. The molecule has 0 aromatic heterocycles. The van der Waals surface area contributed by atoms with Crippen molar-refractivity contribution in [2.24, 2.45) is 40.4 Å². The van der Waals surface area contributed by atoms with Crippen molar-refractivity contribution in [1.29, 1.82) is 0 Å². The van der Waals surface area contributed by atoms with E-state index in [1.165, 1.54) is 11.9 Å². The highest BCUT2D eigenvalue weighted by Crippen LogP contribution is 2.67. The lowest BCUT2D eigenvalue weighted by Gasteiger charge is -2.49. The number of allylic oxidation sites excluding steroid dienone is 3. The van der Waals surface area contributed by atoms with Crippen LogP contribution in [0.15, 0.2) is 23.8 Å². The Balaban J connectivity index is 1.95. The first-order valence-corrected chi connectivity index (χ1v) is 11.5. The van der Waals surface area contributed by atoms with Crippen LogP contribution in [0.4, 0.5) is 0 Å². The fourth-order valence-electron chi connectivity index (χ4n) is 7.51. The normalized spacial score (nSPS) is 46.0. The lowest BCUT2D eigenvalue weighted by molar-refractivity contribution is -0.151. The lowest BCUT2D eigenvalue weighted by atomic mass is 9.53. The average molecular weight is 430 g/mol. The van der Waals surface area contributed by atoms with Gasteiger partial charge in [0.25, 0.3) is 0 Å². The third-order valence-electron chi connectivity index (χ3n) is 8.84. The molecule has 1 aliphatic heterocycles. The molecule has 2 N–H and O–H groups in total.